The highest BCUT2D eigenvalue weighted by Gasteiger charge is 2.06. The molecule has 0 fully saturated rings. The molecule has 1 heterocycles. The summed E-state index contributed by atoms with van der Waals surface area (Å²) in [6, 6.07) is 12.1. The van der Waals surface area contributed by atoms with Crippen molar-refractivity contribution in [1.82, 2.24) is 5.32 Å². The first kappa shape index (κ1) is 12.2. The zero-order chi connectivity index (χ0) is 12.3. The Morgan fingerprint density at radius 2 is 1.88 bits per heavy atom. The molecule has 1 aromatic carbocycles. The lowest BCUT2D eigenvalue weighted by molar-refractivity contribution is 0.444. The van der Waals surface area contributed by atoms with Gasteiger partial charge in [-0.1, -0.05) is 23.7 Å². The van der Waals surface area contributed by atoms with Crippen molar-refractivity contribution >= 4 is 11.6 Å². The summed E-state index contributed by atoms with van der Waals surface area (Å²) in [7, 11) is 0. The van der Waals surface area contributed by atoms with E-state index in [9.17, 15) is 0 Å². The molecule has 2 rings (SSSR count). The van der Waals surface area contributed by atoms with E-state index in [4.69, 9.17) is 16.0 Å². The van der Waals surface area contributed by atoms with E-state index in [1.165, 1.54) is 5.56 Å². The Hall–Kier alpha value is -1.25. The van der Waals surface area contributed by atoms with Gasteiger partial charge in [-0.05, 0) is 43.7 Å². The summed E-state index contributed by atoms with van der Waals surface area (Å²) in [5.74, 6) is 1.91. The van der Waals surface area contributed by atoms with Crippen LogP contribution in [0.2, 0.25) is 5.02 Å². The highest BCUT2D eigenvalue weighted by atomic mass is 35.5. The lowest BCUT2D eigenvalue weighted by atomic mass is 10.1. The van der Waals surface area contributed by atoms with Crippen LogP contribution in [0.5, 0.6) is 0 Å². The summed E-state index contributed by atoms with van der Waals surface area (Å²) < 4.78 is 5.51. The van der Waals surface area contributed by atoms with E-state index in [0.29, 0.717) is 0 Å². The number of hydrogen-bond donors (Lipinski definition) is 1. The minimum atomic E-state index is 0.276. The molecule has 0 aliphatic heterocycles. The largest absolute Gasteiger partial charge is 0.465 e. The Labute approximate surface area is 107 Å². The van der Waals surface area contributed by atoms with Crippen LogP contribution >= 0.6 is 11.6 Å². The summed E-state index contributed by atoms with van der Waals surface area (Å²) in [6.45, 7) is 4.81. The third kappa shape index (κ3) is 3.35. The molecule has 0 radical (unpaired) electrons. The van der Waals surface area contributed by atoms with Crippen molar-refractivity contribution < 1.29 is 4.42 Å². The third-order valence-electron chi connectivity index (χ3n) is 2.75. The van der Waals surface area contributed by atoms with Gasteiger partial charge in [-0.3, -0.25) is 0 Å². The summed E-state index contributed by atoms with van der Waals surface area (Å²) in [6.07, 6.45) is 0. The van der Waals surface area contributed by atoms with Crippen LogP contribution in [0.1, 0.15) is 30.0 Å². The van der Waals surface area contributed by atoms with E-state index in [1.807, 2.05) is 43.3 Å². The molecule has 0 saturated carbocycles. The van der Waals surface area contributed by atoms with E-state index in [0.717, 1.165) is 23.1 Å². The van der Waals surface area contributed by atoms with Gasteiger partial charge in [-0.25, -0.2) is 0 Å². The highest BCUT2D eigenvalue weighted by Crippen LogP contribution is 2.16. The van der Waals surface area contributed by atoms with E-state index >= 15 is 0 Å². The number of furan rings is 1. The lowest BCUT2D eigenvalue weighted by Crippen LogP contribution is -2.17. The number of halogens is 1. The van der Waals surface area contributed by atoms with Gasteiger partial charge in [0.1, 0.15) is 11.5 Å². The van der Waals surface area contributed by atoms with Gasteiger partial charge in [0, 0.05) is 11.1 Å². The average molecular weight is 250 g/mol. The van der Waals surface area contributed by atoms with Gasteiger partial charge in [0.15, 0.2) is 0 Å². The van der Waals surface area contributed by atoms with E-state index in [2.05, 4.69) is 12.2 Å². The molecule has 0 saturated heterocycles. The van der Waals surface area contributed by atoms with Crippen LogP contribution < -0.4 is 5.32 Å². The molecule has 0 amide bonds. The first-order valence-corrected chi connectivity index (χ1v) is 6.07. The van der Waals surface area contributed by atoms with Crippen molar-refractivity contribution in [3.05, 3.63) is 58.5 Å². The minimum Gasteiger partial charge on any atom is -0.465 e. The van der Waals surface area contributed by atoms with Crippen molar-refractivity contribution in [2.24, 2.45) is 0 Å². The molecule has 0 aliphatic carbocycles. The van der Waals surface area contributed by atoms with Crippen molar-refractivity contribution in [2.75, 3.05) is 0 Å². The van der Waals surface area contributed by atoms with E-state index in [1.54, 1.807) is 0 Å². The Bertz CT molecular complexity index is 475. The highest BCUT2D eigenvalue weighted by molar-refractivity contribution is 6.30. The third-order valence-corrected chi connectivity index (χ3v) is 3.00. The molecule has 2 nitrogen and oxygen atoms in total. The van der Waals surface area contributed by atoms with Crippen molar-refractivity contribution in [1.29, 1.82) is 0 Å². The first-order valence-electron chi connectivity index (χ1n) is 5.69. The summed E-state index contributed by atoms with van der Waals surface area (Å²) in [5, 5.41) is 4.18. The normalized spacial score (nSPS) is 12.6. The summed E-state index contributed by atoms with van der Waals surface area (Å²) in [4.78, 5) is 0. The molecule has 1 atom stereocenters. The van der Waals surface area contributed by atoms with Gasteiger partial charge >= 0.3 is 0 Å². The minimum absolute atomic E-state index is 0.276. The van der Waals surface area contributed by atoms with Crippen molar-refractivity contribution in [3.63, 3.8) is 0 Å². The van der Waals surface area contributed by atoms with Gasteiger partial charge in [-0.15, -0.1) is 0 Å². The average Bonchev–Trinajstić information content (AvgIpc) is 2.73. The monoisotopic (exact) mass is 249 g/mol. The van der Waals surface area contributed by atoms with Gasteiger partial charge in [0.25, 0.3) is 0 Å². The molecule has 0 aliphatic rings. The van der Waals surface area contributed by atoms with Crippen LogP contribution in [0.15, 0.2) is 40.8 Å². The first-order chi connectivity index (χ1) is 8.15. The summed E-state index contributed by atoms with van der Waals surface area (Å²) >= 11 is 5.86. The molecular formula is C14H16ClNO. The second-order valence-corrected chi connectivity index (χ2v) is 4.60. The molecule has 90 valence electrons. The molecule has 0 bridgehead atoms. The molecule has 0 unspecified atom stereocenters. The number of rotatable bonds is 4. The van der Waals surface area contributed by atoms with Crippen molar-refractivity contribution in [2.45, 2.75) is 26.4 Å². The zero-order valence-corrected chi connectivity index (χ0v) is 10.8. The van der Waals surface area contributed by atoms with Gasteiger partial charge in [0.2, 0.25) is 0 Å². The second kappa shape index (κ2) is 5.39. The maximum atomic E-state index is 5.86. The fraction of sp³-hybridized carbons (Fsp3) is 0.286. The topological polar surface area (TPSA) is 25.2 Å². The Balaban J connectivity index is 1.93. The molecule has 0 spiro atoms. The molecule has 1 aromatic heterocycles. The fourth-order valence-corrected chi connectivity index (χ4v) is 1.83. The smallest absolute Gasteiger partial charge is 0.117 e. The van der Waals surface area contributed by atoms with Crippen LogP contribution in [-0.2, 0) is 6.54 Å². The summed E-state index contributed by atoms with van der Waals surface area (Å²) in [5.41, 5.74) is 1.22. The predicted molar refractivity (Wildman–Crippen MR) is 70.2 cm³/mol. The van der Waals surface area contributed by atoms with Crippen LogP contribution in [0.25, 0.3) is 0 Å². The molecule has 1 N–H and O–H groups in total. The standard InChI is InChI=1S/C14H16ClNO/c1-10-3-8-14(17-10)9-16-11(2)12-4-6-13(15)7-5-12/h3-8,11,16H,9H2,1-2H3/t11-/m1/s1. The number of hydrogen-bond acceptors (Lipinski definition) is 2. The van der Waals surface area contributed by atoms with E-state index < -0.39 is 0 Å². The molecule has 17 heavy (non-hydrogen) atoms. The quantitative estimate of drug-likeness (QED) is 0.883. The SMILES string of the molecule is Cc1ccc(CN[C@H](C)c2ccc(Cl)cc2)o1. The number of nitrogens with one attached hydrogen (secondary N) is 1. The van der Waals surface area contributed by atoms with Crippen LogP contribution in [0, 0.1) is 6.92 Å². The van der Waals surface area contributed by atoms with Crippen LogP contribution in [0.4, 0.5) is 0 Å². The number of benzene rings is 1. The van der Waals surface area contributed by atoms with Crippen LogP contribution in [-0.4, -0.2) is 0 Å². The Morgan fingerprint density at radius 1 is 1.18 bits per heavy atom. The predicted octanol–water partition coefficient (Wildman–Crippen LogP) is 4.09. The maximum Gasteiger partial charge on any atom is 0.117 e. The number of aryl methyl sites for hydroxylation is 1. The molecule has 2 aromatic rings. The fourth-order valence-electron chi connectivity index (χ4n) is 1.70. The maximum absolute atomic E-state index is 5.86. The van der Waals surface area contributed by atoms with Gasteiger partial charge in [-0.2, -0.15) is 0 Å². The molecular weight excluding hydrogens is 234 g/mol. The Morgan fingerprint density at radius 3 is 2.47 bits per heavy atom. The van der Waals surface area contributed by atoms with Crippen LogP contribution in [0.3, 0.4) is 0 Å². The van der Waals surface area contributed by atoms with Crippen molar-refractivity contribution in [3.8, 4) is 0 Å². The van der Waals surface area contributed by atoms with Gasteiger partial charge in [0.05, 0.1) is 6.54 Å². The molecule has 3 heteroatoms. The lowest BCUT2D eigenvalue weighted by Gasteiger charge is -2.13. The van der Waals surface area contributed by atoms with Gasteiger partial charge < -0.3 is 9.73 Å². The second-order valence-electron chi connectivity index (χ2n) is 4.17. The zero-order valence-electron chi connectivity index (χ0n) is 10.0. The Kier molecular flexibility index (Phi) is 3.87. The van der Waals surface area contributed by atoms with E-state index in [-0.39, 0.29) is 6.04 Å².